The Morgan fingerprint density at radius 2 is 1.93 bits per heavy atom. The van der Waals surface area contributed by atoms with Gasteiger partial charge >= 0.3 is 5.97 Å². The Bertz CT molecular complexity index is 939. The molecule has 0 aliphatic heterocycles. The molecule has 7 heteroatoms. The highest BCUT2D eigenvalue weighted by Gasteiger charge is 2.40. The number of esters is 1. The van der Waals surface area contributed by atoms with E-state index in [9.17, 15) is 14.9 Å². The van der Waals surface area contributed by atoms with E-state index in [1.54, 1.807) is 19.4 Å². The fourth-order valence-corrected chi connectivity index (χ4v) is 4.59. The van der Waals surface area contributed by atoms with Crippen molar-refractivity contribution in [2.75, 3.05) is 7.05 Å². The number of aromatic nitrogens is 1. The van der Waals surface area contributed by atoms with Gasteiger partial charge in [0.05, 0.1) is 6.07 Å². The molecule has 158 valence electrons. The first-order chi connectivity index (χ1) is 14.4. The number of likely N-dealkylation sites (N-methyl/N-ethyl adjacent to an activating group) is 1. The fourth-order valence-electron chi connectivity index (χ4n) is 3.80. The van der Waals surface area contributed by atoms with Crippen LogP contribution in [0.15, 0.2) is 29.6 Å². The average molecular weight is 426 g/mol. The van der Waals surface area contributed by atoms with E-state index in [0.29, 0.717) is 12.8 Å². The highest BCUT2D eigenvalue weighted by atomic mass is 32.1. The number of carbonyl (C=O) groups excluding carboxylic acids is 2. The van der Waals surface area contributed by atoms with Gasteiger partial charge < -0.3 is 9.64 Å². The van der Waals surface area contributed by atoms with E-state index in [-0.39, 0.29) is 11.6 Å². The Hall–Kier alpha value is -2.72. The second-order valence-corrected chi connectivity index (χ2v) is 8.60. The number of amides is 1. The number of benzene rings is 1. The molecule has 0 N–H and O–H groups in total. The summed E-state index contributed by atoms with van der Waals surface area (Å²) >= 11 is 1.36. The fraction of sp³-hybridized carbons (Fsp3) is 0.478. The maximum Gasteiger partial charge on any atom is 0.358 e. The molecule has 1 saturated carbocycles. The van der Waals surface area contributed by atoms with Crippen LogP contribution in [0.5, 0.6) is 0 Å². The molecule has 2 aromatic rings. The van der Waals surface area contributed by atoms with E-state index in [4.69, 9.17) is 4.74 Å². The molecule has 0 bridgehead atoms. The van der Waals surface area contributed by atoms with Crippen molar-refractivity contribution in [1.82, 2.24) is 9.88 Å². The van der Waals surface area contributed by atoms with Crippen LogP contribution < -0.4 is 0 Å². The molecule has 1 heterocycles. The number of nitriles is 1. The molecule has 30 heavy (non-hydrogen) atoms. The van der Waals surface area contributed by atoms with Gasteiger partial charge in [0, 0.05) is 18.0 Å². The van der Waals surface area contributed by atoms with E-state index in [1.165, 1.54) is 21.8 Å². The highest BCUT2D eigenvalue weighted by molar-refractivity contribution is 7.13. The van der Waals surface area contributed by atoms with Crippen molar-refractivity contribution in [3.05, 3.63) is 40.9 Å². The first kappa shape index (κ1) is 22.0. The largest absolute Gasteiger partial charge is 0.448 e. The zero-order valence-electron chi connectivity index (χ0n) is 17.7. The summed E-state index contributed by atoms with van der Waals surface area (Å²) in [6.45, 7) is 3.64. The van der Waals surface area contributed by atoms with Crippen molar-refractivity contribution < 1.29 is 14.3 Å². The lowest BCUT2D eigenvalue weighted by Gasteiger charge is -2.39. The van der Waals surface area contributed by atoms with E-state index >= 15 is 0 Å². The van der Waals surface area contributed by atoms with Gasteiger partial charge in [0.2, 0.25) is 0 Å². The van der Waals surface area contributed by atoms with Crippen LogP contribution in [0, 0.1) is 11.3 Å². The number of thiazole rings is 1. The molecule has 0 saturated heterocycles. The van der Waals surface area contributed by atoms with E-state index in [0.717, 1.165) is 36.3 Å². The molecule has 1 aromatic carbocycles. The van der Waals surface area contributed by atoms with E-state index < -0.39 is 17.6 Å². The van der Waals surface area contributed by atoms with E-state index in [2.05, 4.69) is 18.0 Å². The van der Waals surface area contributed by atoms with Crippen molar-refractivity contribution in [2.45, 2.75) is 64.0 Å². The van der Waals surface area contributed by atoms with Crippen LogP contribution in [0.25, 0.3) is 10.6 Å². The minimum absolute atomic E-state index is 0.185. The summed E-state index contributed by atoms with van der Waals surface area (Å²) in [6.07, 6.45) is 4.19. The molecule has 6 nitrogen and oxygen atoms in total. The number of hydrogen-bond donors (Lipinski definition) is 0. The molecule has 0 unspecified atom stereocenters. The predicted octanol–water partition coefficient (Wildman–Crippen LogP) is 4.60. The van der Waals surface area contributed by atoms with E-state index in [1.807, 2.05) is 24.3 Å². The summed E-state index contributed by atoms with van der Waals surface area (Å²) in [6, 6.07) is 10.4. The second-order valence-electron chi connectivity index (χ2n) is 7.74. The molecule has 0 spiro atoms. The van der Waals surface area contributed by atoms with Gasteiger partial charge in [-0.05, 0) is 31.7 Å². The minimum atomic E-state index is -0.983. The van der Waals surface area contributed by atoms with Crippen molar-refractivity contribution >= 4 is 23.2 Å². The Labute approximate surface area is 181 Å². The number of hydrogen-bond acceptors (Lipinski definition) is 6. The third-order valence-electron chi connectivity index (χ3n) is 5.82. The van der Waals surface area contributed by atoms with Crippen LogP contribution >= 0.6 is 11.3 Å². The van der Waals surface area contributed by atoms with Crippen LogP contribution in [0.1, 0.15) is 62.0 Å². The molecule has 1 atom stereocenters. The van der Waals surface area contributed by atoms with Crippen LogP contribution in [0.4, 0.5) is 0 Å². The van der Waals surface area contributed by atoms with Crippen LogP contribution in [0.3, 0.4) is 0 Å². The van der Waals surface area contributed by atoms with Crippen molar-refractivity contribution in [2.24, 2.45) is 0 Å². The topological polar surface area (TPSA) is 83.3 Å². The summed E-state index contributed by atoms with van der Waals surface area (Å²) in [5.74, 6) is -0.996. The Balaban J connectivity index is 1.66. The zero-order chi connectivity index (χ0) is 21.7. The molecular formula is C23H27N3O3S. The molecule has 1 amide bonds. The lowest BCUT2D eigenvalue weighted by molar-refractivity contribution is -0.143. The van der Waals surface area contributed by atoms with Crippen molar-refractivity contribution in [1.29, 1.82) is 5.26 Å². The number of rotatable bonds is 6. The highest BCUT2D eigenvalue weighted by Crippen LogP contribution is 2.33. The summed E-state index contributed by atoms with van der Waals surface area (Å²) in [5, 5.41) is 12.1. The van der Waals surface area contributed by atoms with Crippen LogP contribution in [-0.4, -0.2) is 40.5 Å². The lowest BCUT2D eigenvalue weighted by Crippen LogP contribution is -2.53. The molecule has 1 fully saturated rings. The normalized spacial score (nSPS) is 16.3. The summed E-state index contributed by atoms with van der Waals surface area (Å²) in [4.78, 5) is 31.2. The third-order valence-corrected chi connectivity index (χ3v) is 6.71. The van der Waals surface area contributed by atoms with Crippen LogP contribution in [0.2, 0.25) is 0 Å². The SMILES string of the molecule is CCc1ccc(-c2nc(C(=O)O[C@H](C)C(=O)N(C)C3(C#N)CCCCC3)cs2)cc1. The number of aryl methyl sites for hydroxylation is 1. The van der Waals surface area contributed by atoms with Gasteiger partial charge in [-0.3, -0.25) is 4.79 Å². The maximum absolute atomic E-state index is 12.8. The number of carbonyl (C=O) groups is 2. The minimum Gasteiger partial charge on any atom is -0.448 e. The Morgan fingerprint density at radius 3 is 2.53 bits per heavy atom. The summed E-state index contributed by atoms with van der Waals surface area (Å²) in [5.41, 5.74) is 1.55. The second kappa shape index (κ2) is 9.40. The monoisotopic (exact) mass is 425 g/mol. The predicted molar refractivity (Wildman–Crippen MR) is 116 cm³/mol. The van der Waals surface area contributed by atoms with Gasteiger partial charge in [0.25, 0.3) is 5.91 Å². The van der Waals surface area contributed by atoms with Crippen molar-refractivity contribution in [3.8, 4) is 16.6 Å². The first-order valence-corrected chi connectivity index (χ1v) is 11.2. The average Bonchev–Trinajstić information content (AvgIpc) is 3.29. The summed E-state index contributed by atoms with van der Waals surface area (Å²) in [7, 11) is 1.63. The smallest absolute Gasteiger partial charge is 0.358 e. The lowest BCUT2D eigenvalue weighted by atomic mass is 9.81. The first-order valence-electron chi connectivity index (χ1n) is 10.3. The van der Waals surface area contributed by atoms with Gasteiger partial charge in [-0.2, -0.15) is 5.26 Å². The standard InChI is InChI=1S/C23H27N3O3S/c1-4-17-8-10-18(11-9-17)20-25-19(14-30-20)22(28)29-16(2)21(27)26(3)23(15-24)12-6-5-7-13-23/h8-11,14,16H,4-7,12-13H2,1-3H3/t16-/m1/s1. The van der Waals surface area contributed by atoms with Crippen molar-refractivity contribution in [3.63, 3.8) is 0 Å². The molecule has 3 rings (SSSR count). The maximum atomic E-state index is 12.8. The number of nitrogens with zero attached hydrogens (tertiary/aromatic N) is 3. The third kappa shape index (κ3) is 4.54. The summed E-state index contributed by atoms with van der Waals surface area (Å²) < 4.78 is 5.39. The van der Waals surface area contributed by atoms with Gasteiger partial charge in [-0.15, -0.1) is 11.3 Å². The quantitative estimate of drug-likeness (QED) is 0.632. The van der Waals surface area contributed by atoms with Crippen LogP contribution in [-0.2, 0) is 16.0 Å². The van der Waals surface area contributed by atoms with Gasteiger partial charge in [-0.25, -0.2) is 9.78 Å². The van der Waals surface area contributed by atoms with Gasteiger partial charge in [0.1, 0.15) is 10.5 Å². The van der Waals surface area contributed by atoms with Gasteiger partial charge in [0.15, 0.2) is 11.8 Å². The zero-order valence-corrected chi connectivity index (χ0v) is 18.5. The number of ether oxygens (including phenoxy) is 1. The Kier molecular flexibility index (Phi) is 6.88. The molecule has 1 aliphatic carbocycles. The molecule has 1 aromatic heterocycles. The Morgan fingerprint density at radius 1 is 1.27 bits per heavy atom. The molecule has 0 radical (unpaired) electrons. The van der Waals surface area contributed by atoms with Gasteiger partial charge in [-0.1, -0.05) is 50.5 Å². The molecule has 1 aliphatic rings. The molecular weight excluding hydrogens is 398 g/mol.